The van der Waals surface area contributed by atoms with Crippen molar-refractivity contribution in [2.45, 2.75) is 31.0 Å². The number of carbonyl (C=O) groups is 1. The molecule has 2 aromatic carbocycles. The molecule has 29 heavy (non-hydrogen) atoms. The lowest BCUT2D eigenvalue weighted by Crippen LogP contribution is -2.48. The molecule has 1 aliphatic rings. The number of hydrogen-bond acceptors (Lipinski definition) is 5. The summed E-state index contributed by atoms with van der Waals surface area (Å²) in [6.45, 7) is 4.20. The van der Waals surface area contributed by atoms with Crippen LogP contribution in [0.4, 0.5) is 5.69 Å². The minimum Gasteiger partial charge on any atom is -0.484 e. The van der Waals surface area contributed by atoms with Crippen molar-refractivity contribution in [1.29, 1.82) is 0 Å². The van der Waals surface area contributed by atoms with Crippen molar-refractivity contribution in [3.8, 4) is 5.75 Å². The predicted octanol–water partition coefficient (Wildman–Crippen LogP) is 3.26. The molecule has 2 aromatic rings. The maximum Gasteiger partial charge on any atom is 0.262 e. The Morgan fingerprint density at radius 3 is 2.28 bits per heavy atom. The first-order chi connectivity index (χ1) is 13.7. The van der Waals surface area contributed by atoms with Gasteiger partial charge in [0.2, 0.25) is 10.0 Å². The van der Waals surface area contributed by atoms with Crippen molar-refractivity contribution in [2.24, 2.45) is 0 Å². The number of anilines is 1. The first kappa shape index (κ1) is 21.8. The molecule has 7 nitrogen and oxygen atoms in total. The van der Waals surface area contributed by atoms with Gasteiger partial charge in [-0.1, -0.05) is 15.9 Å². The van der Waals surface area contributed by atoms with Gasteiger partial charge in [0.05, 0.1) is 17.1 Å². The Morgan fingerprint density at radius 1 is 1.10 bits per heavy atom. The lowest BCUT2D eigenvalue weighted by atomic mass is 10.3. The number of ether oxygens (including phenoxy) is 2. The number of halogens is 1. The zero-order valence-electron chi connectivity index (χ0n) is 16.2. The molecule has 0 saturated carbocycles. The highest BCUT2D eigenvalue weighted by Gasteiger charge is 2.32. The van der Waals surface area contributed by atoms with Crippen LogP contribution in [0.2, 0.25) is 0 Å². The highest BCUT2D eigenvalue weighted by Crippen LogP contribution is 2.22. The summed E-state index contributed by atoms with van der Waals surface area (Å²) in [6, 6.07) is 13.3. The van der Waals surface area contributed by atoms with Gasteiger partial charge in [0.1, 0.15) is 5.75 Å². The summed E-state index contributed by atoms with van der Waals surface area (Å²) >= 11 is 3.33. The Labute approximate surface area is 179 Å². The Balaban J connectivity index is 1.59. The third-order valence-electron chi connectivity index (χ3n) is 4.35. The molecule has 0 aliphatic carbocycles. The molecule has 156 valence electrons. The summed E-state index contributed by atoms with van der Waals surface area (Å²) in [5.41, 5.74) is 0.497. The second-order valence-electron chi connectivity index (χ2n) is 6.89. The number of carbonyl (C=O) groups excluding carboxylic acids is 1. The SMILES string of the molecule is C[C@@H]1CN(S(=O)(=O)c2ccc(NC(=O)COc3ccc(Br)cc3)cc2)C[C@H](C)O1. The minimum absolute atomic E-state index is 0.148. The standard InChI is InChI=1S/C20H23BrN2O5S/c1-14-11-23(12-15(2)28-14)29(25,26)19-9-5-17(6-10-19)22-20(24)13-27-18-7-3-16(21)4-8-18/h3-10,14-15H,11-13H2,1-2H3,(H,22,24)/t14-,15+. The van der Waals surface area contributed by atoms with Gasteiger partial charge in [-0.25, -0.2) is 8.42 Å². The predicted molar refractivity (Wildman–Crippen MR) is 113 cm³/mol. The highest BCUT2D eigenvalue weighted by molar-refractivity contribution is 9.10. The van der Waals surface area contributed by atoms with Crippen molar-refractivity contribution in [3.63, 3.8) is 0 Å². The van der Waals surface area contributed by atoms with Crippen LogP contribution in [0.15, 0.2) is 57.9 Å². The van der Waals surface area contributed by atoms with Gasteiger partial charge in [0.25, 0.3) is 5.91 Å². The lowest BCUT2D eigenvalue weighted by Gasteiger charge is -2.34. The van der Waals surface area contributed by atoms with Crippen molar-refractivity contribution in [3.05, 3.63) is 53.0 Å². The van der Waals surface area contributed by atoms with E-state index in [0.717, 1.165) is 4.47 Å². The molecule has 1 aliphatic heterocycles. The van der Waals surface area contributed by atoms with Crippen molar-refractivity contribution < 1.29 is 22.7 Å². The monoisotopic (exact) mass is 482 g/mol. The molecule has 2 atom stereocenters. The molecule has 0 bridgehead atoms. The number of rotatable bonds is 6. The van der Waals surface area contributed by atoms with Crippen LogP contribution in [0.1, 0.15) is 13.8 Å². The van der Waals surface area contributed by atoms with Gasteiger partial charge in [-0.3, -0.25) is 4.79 Å². The van der Waals surface area contributed by atoms with E-state index in [-0.39, 0.29) is 29.6 Å². The maximum absolute atomic E-state index is 12.9. The smallest absolute Gasteiger partial charge is 0.262 e. The number of hydrogen-bond donors (Lipinski definition) is 1. The second kappa shape index (κ2) is 9.25. The first-order valence-electron chi connectivity index (χ1n) is 9.18. The van der Waals surface area contributed by atoms with Crippen LogP contribution in [0, 0.1) is 0 Å². The van der Waals surface area contributed by atoms with Crippen LogP contribution in [-0.2, 0) is 19.6 Å². The van der Waals surface area contributed by atoms with E-state index < -0.39 is 10.0 Å². The molecule has 0 aromatic heterocycles. The van der Waals surface area contributed by atoms with Gasteiger partial charge in [-0.05, 0) is 62.4 Å². The van der Waals surface area contributed by atoms with E-state index in [9.17, 15) is 13.2 Å². The van der Waals surface area contributed by atoms with Crippen LogP contribution < -0.4 is 10.1 Å². The summed E-state index contributed by atoms with van der Waals surface area (Å²) in [5, 5.41) is 2.69. The average molecular weight is 483 g/mol. The van der Waals surface area contributed by atoms with Gasteiger partial charge in [-0.15, -0.1) is 0 Å². The zero-order chi connectivity index (χ0) is 21.0. The summed E-state index contributed by atoms with van der Waals surface area (Å²) in [7, 11) is -3.61. The lowest BCUT2D eigenvalue weighted by molar-refractivity contribution is -0.118. The molecular formula is C20H23BrN2O5S. The van der Waals surface area contributed by atoms with Crippen LogP contribution in [0.3, 0.4) is 0 Å². The van der Waals surface area contributed by atoms with E-state index in [0.29, 0.717) is 24.5 Å². The van der Waals surface area contributed by atoms with E-state index in [4.69, 9.17) is 9.47 Å². The topological polar surface area (TPSA) is 84.9 Å². The molecule has 1 N–H and O–H groups in total. The van der Waals surface area contributed by atoms with Crippen LogP contribution in [0.25, 0.3) is 0 Å². The van der Waals surface area contributed by atoms with Crippen molar-refractivity contribution >= 4 is 37.5 Å². The van der Waals surface area contributed by atoms with E-state index in [1.165, 1.54) is 16.4 Å². The fraction of sp³-hybridized carbons (Fsp3) is 0.350. The third-order valence-corrected chi connectivity index (χ3v) is 6.72. The maximum atomic E-state index is 12.9. The van der Waals surface area contributed by atoms with Gasteiger partial charge >= 0.3 is 0 Å². The number of benzene rings is 2. The Morgan fingerprint density at radius 2 is 1.69 bits per heavy atom. The Hall–Kier alpha value is -1.94. The quantitative estimate of drug-likeness (QED) is 0.682. The molecule has 0 spiro atoms. The van der Waals surface area contributed by atoms with Crippen LogP contribution in [0.5, 0.6) is 5.75 Å². The Kier molecular flexibility index (Phi) is 6.94. The normalized spacial score (nSPS) is 20.2. The molecule has 1 fully saturated rings. The molecule has 3 rings (SSSR count). The van der Waals surface area contributed by atoms with Crippen LogP contribution in [-0.4, -0.2) is 50.5 Å². The Bertz CT molecular complexity index is 938. The molecule has 1 amide bonds. The second-order valence-corrected chi connectivity index (χ2v) is 9.75. The summed E-state index contributed by atoms with van der Waals surface area (Å²) in [6.07, 6.45) is -0.310. The van der Waals surface area contributed by atoms with E-state index in [1.807, 2.05) is 26.0 Å². The van der Waals surface area contributed by atoms with Gasteiger partial charge in [0.15, 0.2) is 6.61 Å². The fourth-order valence-electron chi connectivity index (χ4n) is 3.06. The molecule has 1 saturated heterocycles. The average Bonchev–Trinajstić information content (AvgIpc) is 2.67. The summed E-state index contributed by atoms with van der Waals surface area (Å²) in [4.78, 5) is 12.3. The number of amides is 1. The first-order valence-corrected chi connectivity index (χ1v) is 11.4. The van der Waals surface area contributed by atoms with Crippen molar-refractivity contribution in [1.82, 2.24) is 4.31 Å². The minimum atomic E-state index is -3.61. The molecule has 0 unspecified atom stereocenters. The van der Waals surface area contributed by atoms with Gasteiger partial charge < -0.3 is 14.8 Å². The van der Waals surface area contributed by atoms with Crippen LogP contribution >= 0.6 is 15.9 Å². The molecule has 9 heteroatoms. The van der Waals surface area contributed by atoms with E-state index in [2.05, 4.69) is 21.2 Å². The third kappa shape index (κ3) is 5.79. The summed E-state index contributed by atoms with van der Waals surface area (Å²) < 4.78 is 39.1. The fourth-order valence-corrected chi connectivity index (χ4v) is 4.92. The number of nitrogens with zero attached hydrogens (tertiary/aromatic N) is 1. The molecular weight excluding hydrogens is 460 g/mol. The number of morpholine rings is 1. The largest absolute Gasteiger partial charge is 0.484 e. The van der Waals surface area contributed by atoms with Crippen molar-refractivity contribution in [2.75, 3.05) is 25.0 Å². The van der Waals surface area contributed by atoms with Gasteiger partial charge in [0, 0.05) is 23.2 Å². The zero-order valence-corrected chi connectivity index (χ0v) is 18.6. The number of nitrogens with one attached hydrogen (secondary N) is 1. The van der Waals surface area contributed by atoms with E-state index in [1.54, 1.807) is 24.3 Å². The highest BCUT2D eigenvalue weighted by atomic mass is 79.9. The van der Waals surface area contributed by atoms with E-state index >= 15 is 0 Å². The van der Waals surface area contributed by atoms with Gasteiger partial charge in [-0.2, -0.15) is 4.31 Å². The molecule has 1 heterocycles. The number of sulfonamides is 1. The molecule has 0 radical (unpaired) electrons. The summed E-state index contributed by atoms with van der Waals surface area (Å²) in [5.74, 6) is 0.248.